The third-order valence-corrected chi connectivity index (χ3v) is 2.13. The molecule has 0 amide bonds. The second kappa shape index (κ2) is 3.96. The Morgan fingerprint density at radius 2 is 2.07 bits per heavy atom. The van der Waals surface area contributed by atoms with E-state index in [2.05, 4.69) is 0 Å². The van der Waals surface area contributed by atoms with Gasteiger partial charge in [0.05, 0.1) is 4.92 Å². The van der Waals surface area contributed by atoms with Crippen molar-refractivity contribution in [3.05, 3.63) is 34.4 Å². The Balaban J connectivity index is 3.08. The molecule has 0 saturated carbocycles. The van der Waals surface area contributed by atoms with Crippen LogP contribution in [-0.4, -0.2) is 9.82 Å². The minimum atomic E-state index is -4.04. The number of halogens is 1. The van der Waals surface area contributed by atoms with Crippen LogP contribution in [0.15, 0.2) is 24.3 Å². The van der Waals surface area contributed by atoms with Crippen molar-refractivity contribution in [2.45, 2.75) is 0 Å². The van der Waals surface area contributed by atoms with Crippen LogP contribution in [0.2, 0.25) is 0 Å². The van der Waals surface area contributed by atoms with E-state index in [1.54, 1.807) is 0 Å². The number of rotatable bonds is 3. The van der Waals surface area contributed by atoms with E-state index in [1.807, 2.05) is 5.09 Å². The third kappa shape index (κ3) is 2.99. The Hall–Kier alpha value is -1.10. The van der Waals surface area contributed by atoms with Crippen molar-refractivity contribution in [2.75, 3.05) is 5.09 Å². The van der Waals surface area contributed by atoms with Gasteiger partial charge in [0.2, 0.25) is 0 Å². The van der Waals surface area contributed by atoms with Crippen LogP contribution in [0.25, 0.3) is 0 Å². The van der Waals surface area contributed by atoms with Gasteiger partial charge in [-0.15, -0.1) is 0 Å². The number of hydrogen-bond acceptors (Lipinski definition) is 3. The smallest absolute Gasteiger partial charge is 0.318 e. The molecule has 0 aliphatic carbocycles. The van der Waals surface area contributed by atoms with E-state index in [4.69, 9.17) is 16.1 Å². The standard InChI is InChI=1S/C6H6ClN2O4P/c7-14(12,13)8-5-3-1-2-4-6(5)9(10)11/h1-4H,(H2,8,12,13). The van der Waals surface area contributed by atoms with Crippen LogP contribution in [0.5, 0.6) is 0 Å². The Labute approximate surface area is 84.0 Å². The van der Waals surface area contributed by atoms with E-state index in [9.17, 15) is 14.7 Å². The molecule has 0 heterocycles. The van der Waals surface area contributed by atoms with Crippen LogP contribution >= 0.6 is 18.1 Å². The van der Waals surface area contributed by atoms with Crippen LogP contribution in [0.4, 0.5) is 11.4 Å². The highest BCUT2D eigenvalue weighted by Crippen LogP contribution is 2.47. The first-order valence-electron chi connectivity index (χ1n) is 3.44. The summed E-state index contributed by atoms with van der Waals surface area (Å²) in [6.07, 6.45) is 0. The van der Waals surface area contributed by atoms with E-state index in [1.165, 1.54) is 24.3 Å². The minimum Gasteiger partial charge on any atom is -0.318 e. The molecular formula is C6H6ClN2O4P. The van der Waals surface area contributed by atoms with Crippen molar-refractivity contribution in [1.82, 2.24) is 0 Å². The molecule has 0 radical (unpaired) electrons. The van der Waals surface area contributed by atoms with Gasteiger partial charge >= 0.3 is 6.87 Å². The van der Waals surface area contributed by atoms with Crippen molar-refractivity contribution in [3.8, 4) is 0 Å². The summed E-state index contributed by atoms with van der Waals surface area (Å²) < 4.78 is 10.7. The van der Waals surface area contributed by atoms with Crippen LogP contribution in [0, 0.1) is 10.1 Å². The molecule has 6 nitrogen and oxygen atoms in total. The van der Waals surface area contributed by atoms with E-state index in [0.29, 0.717) is 0 Å². The summed E-state index contributed by atoms with van der Waals surface area (Å²) >= 11 is 5.02. The van der Waals surface area contributed by atoms with E-state index in [0.717, 1.165) is 0 Å². The second-order valence-electron chi connectivity index (χ2n) is 2.39. The molecular weight excluding hydrogens is 231 g/mol. The molecule has 76 valence electrons. The minimum absolute atomic E-state index is 0.0849. The molecule has 1 rings (SSSR count). The summed E-state index contributed by atoms with van der Waals surface area (Å²) in [4.78, 5) is 18.6. The monoisotopic (exact) mass is 236 g/mol. The summed E-state index contributed by atoms with van der Waals surface area (Å²) in [5, 5.41) is 12.4. The Morgan fingerprint density at radius 1 is 1.50 bits per heavy atom. The average molecular weight is 237 g/mol. The van der Waals surface area contributed by atoms with Crippen LogP contribution < -0.4 is 5.09 Å². The lowest BCUT2D eigenvalue weighted by molar-refractivity contribution is -0.383. The van der Waals surface area contributed by atoms with Gasteiger partial charge in [0.25, 0.3) is 5.69 Å². The van der Waals surface area contributed by atoms with Gasteiger partial charge in [0.1, 0.15) is 5.69 Å². The molecule has 0 aliphatic heterocycles. The van der Waals surface area contributed by atoms with Gasteiger partial charge in [-0.3, -0.25) is 15.2 Å². The lowest BCUT2D eigenvalue weighted by Gasteiger charge is -2.06. The normalized spacial score (nSPS) is 14.4. The molecule has 1 aromatic carbocycles. The molecule has 0 aromatic heterocycles. The van der Waals surface area contributed by atoms with Gasteiger partial charge in [0.15, 0.2) is 0 Å². The number of benzene rings is 1. The molecule has 0 aliphatic rings. The van der Waals surface area contributed by atoms with Gasteiger partial charge in [-0.1, -0.05) is 12.1 Å². The number of nitro groups is 1. The fraction of sp³-hybridized carbons (Fsp3) is 0. The number of nitro benzene ring substituents is 1. The molecule has 0 fully saturated rings. The topological polar surface area (TPSA) is 92.5 Å². The first kappa shape index (κ1) is 11.0. The molecule has 1 unspecified atom stereocenters. The Bertz CT molecular complexity index is 405. The van der Waals surface area contributed by atoms with Gasteiger partial charge in [-0.2, -0.15) is 0 Å². The zero-order chi connectivity index (χ0) is 10.8. The molecule has 1 aromatic rings. The maximum atomic E-state index is 10.7. The fourth-order valence-electron chi connectivity index (χ4n) is 0.876. The van der Waals surface area contributed by atoms with E-state index >= 15 is 0 Å². The van der Waals surface area contributed by atoms with Gasteiger partial charge in [-0.25, -0.2) is 4.57 Å². The van der Waals surface area contributed by atoms with Crippen molar-refractivity contribution < 1.29 is 14.4 Å². The Kier molecular flexibility index (Phi) is 3.10. The second-order valence-corrected chi connectivity index (χ2v) is 4.99. The summed E-state index contributed by atoms with van der Waals surface area (Å²) in [5.74, 6) is 0. The molecule has 14 heavy (non-hydrogen) atoms. The van der Waals surface area contributed by atoms with Gasteiger partial charge < -0.3 is 4.89 Å². The zero-order valence-electron chi connectivity index (χ0n) is 6.75. The third-order valence-electron chi connectivity index (χ3n) is 1.36. The Morgan fingerprint density at radius 3 is 2.57 bits per heavy atom. The van der Waals surface area contributed by atoms with Crippen LogP contribution in [0.1, 0.15) is 0 Å². The predicted octanol–water partition coefficient (Wildman–Crippen LogP) is 2.35. The molecule has 0 bridgehead atoms. The molecule has 8 heteroatoms. The van der Waals surface area contributed by atoms with Crippen LogP contribution in [0.3, 0.4) is 0 Å². The summed E-state index contributed by atoms with van der Waals surface area (Å²) in [6.45, 7) is -4.04. The maximum absolute atomic E-state index is 10.7. The highest BCUT2D eigenvalue weighted by Gasteiger charge is 2.19. The number of anilines is 1. The molecule has 0 saturated heterocycles. The highest BCUT2D eigenvalue weighted by molar-refractivity contribution is 7.85. The van der Waals surface area contributed by atoms with Gasteiger partial charge in [-0.05, 0) is 17.3 Å². The average Bonchev–Trinajstić information content (AvgIpc) is 2.01. The highest BCUT2D eigenvalue weighted by atomic mass is 35.7. The largest absolute Gasteiger partial charge is 0.383 e. The SMILES string of the molecule is O=[N+]([O-])c1ccccc1NP(=O)(O)Cl. The fourth-order valence-corrected chi connectivity index (χ4v) is 1.64. The zero-order valence-corrected chi connectivity index (χ0v) is 8.40. The lowest BCUT2D eigenvalue weighted by Crippen LogP contribution is -1.96. The predicted molar refractivity (Wildman–Crippen MR) is 52.4 cm³/mol. The van der Waals surface area contributed by atoms with Crippen molar-refractivity contribution in [3.63, 3.8) is 0 Å². The van der Waals surface area contributed by atoms with E-state index in [-0.39, 0.29) is 11.4 Å². The summed E-state index contributed by atoms with van der Waals surface area (Å²) in [7, 11) is 0. The molecule has 1 atom stereocenters. The van der Waals surface area contributed by atoms with Crippen molar-refractivity contribution >= 4 is 29.5 Å². The summed E-state index contributed by atoms with van der Waals surface area (Å²) in [6, 6.07) is 5.43. The lowest BCUT2D eigenvalue weighted by atomic mass is 10.3. The molecule has 0 spiro atoms. The first-order chi connectivity index (χ1) is 6.40. The van der Waals surface area contributed by atoms with Crippen LogP contribution in [-0.2, 0) is 4.57 Å². The van der Waals surface area contributed by atoms with Crippen molar-refractivity contribution in [1.29, 1.82) is 0 Å². The number of para-hydroxylation sites is 2. The quantitative estimate of drug-likeness (QED) is 0.477. The maximum Gasteiger partial charge on any atom is 0.383 e. The first-order valence-corrected chi connectivity index (χ1v) is 6.01. The number of hydrogen-bond donors (Lipinski definition) is 2. The van der Waals surface area contributed by atoms with Crippen molar-refractivity contribution in [2.24, 2.45) is 0 Å². The number of nitrogens with one attached hydrogen (secondary N) is 1. The summed E-state index contributed by atoms with van der Waals surface area (Å²) in [5.41, 5.74) is -0.388. The van der Waals surface area contributed by atoms with Gasteiger partial charge in [0, 0.05) is 6.07 Å². The number of nitrogens with zero attached hydrogens (tertiary/aromatic N) is 1. The molecule has 2 N–H and O–H groups in total. The van der Waals surface area contributed by atoms with E-state index < -0.39 is 11.8 Å².